The number of hydroxylamine groups is 1. The SMILES string of the molecule is Cc1cc(Cl)c(NC(=O)NOCC(=O)O)cc1Cl. The lowest BCUT2D eigenvalue weighted by atomic mass is 10.2. The van der Waals surface area contributed by atoms with E-state index in [0.29, 0.717) is 15.7 Å². The number of aliphatic carboxylic acids is 1. The normalized spacial score (nSPS) is 9.94. The Labute approximate surface area is 113 Å². The number of urea groups is 1. The molecule has 0 fully saturated rings. The number of carboxylic acid groups (broad SMARTS) is 1. The number of aryl methyl sites for hydroxylation is 1. The fraction of sp³-hybridized carbons (Fsp3) is 0.200. The fourth-order valence-electron chi connectivity index (χ4n) is 1.05. The van der Waals surface area contributed by atoms with E-state index in [-0.39, 0.29) is 0 Å². The smallest absolute Gasteiger partial charge is 0.343 e. The maximum atomic E-state index is 11.3. The van der Waals surface area contributed by atoms with Crippen LogP contribution in [0.4, 0.5) is 10.5 Å². The number of halogens is 2. The van der Waals surface area contributed by atoms with Crippen LogP contribution in [0.5, 0.6) is 0 Å². The highest BCUT2D eigenvalue weighted by Gasteiger charge is 2.08. The molecule has 0 saturated heterocycles. The summed E-state index contributed by atoms with van der Waals surface area (Å²) in [5, 5.41) is 11.4. The molecule has 3 N–H and O–H groups in total. The molecular weight excluding hydrogens is 283 g/mol. The fourth-order valence-corrected chi connectivity index (χ4v) is 1.48. The van der Waals surface area contributed by atoms with Crippen LogP contribution in [0, 0.1) is 6.92 Å². The number of carbonyl (C=O) groups excluding carboxylic acids is 1. The Hall–Kier alpha value is -1.50. The first-order valence-electron chi connectivity index (χ1n) is 4.76. The van der Waals surface area contributed by atoms with E-state index in [9.17, 15) is 9.59 Å². The van der Waals surface area contributed by atoms with E-state index < -0.39 is 18.6 Å². The maximum Gasteiger partial charge on any atom is 0.343 e. The molecule has 1 aromatic rings. The van der Waals surface area contributed by atoms with Gasteiger partial charge in [-0.3, -0.25) is 4.84 Å². The van der Waals surface area contributed by atoms with Gasteiger partial charge in [-0.15, -0.1) is 0 Å². The first-order valence-corrected chi connectivity index (χ1v) is 5.52. The summed E-state index contributed by atoms with van der Waals surface area (Å²) in [6.45, 7) is 1.13. The number of nitrogens with one attached hydrogen (secondary N) is 2. The Bertz CT molecular complexity index is 479. The van der Waals surface area contributed by atoms with Gasteiger partial charge in [0, 0.05) is 5.02 Å². The van der Waals surface area contributed by atoms with E-state index in [2.05, 4.69) is 10.2 Å². The second-order valence-electron chi connectivity index (χ2n) is 3.32. The Morgan fingerprint density at radius 3 is 2.61 bits per heavy atom. The van der Waals surface area contributed by atoms with E-state index in [0.717, 1.165) is 5.56 Å². The van der Waals surface area contributed by atoms with Crippen LogP contribution in [0.15, 0.2) is 12.1 Å². The molecule has 0 radical (unpaired) electrons. The Balaban J connectivity index is 2.59. The van der Waals surface area contributed by atoms with Gasteiger partial charge < -0.3 is 10.4 Å². The van der Waals surface area contributed by atoms with Gasteiger partial charge in [-0.2, -0.15) is 0 Å². The number of anilines is 1. The van der Waals surface area contributed by atoms with Gasteiger partial charge in [0.25, 0.3) is 0 Å². The van der Waals surface area contributed by atoms with Crippen molar-refractivity contribution in [3.8, 4) is 0 Å². The predicted octanol–water partition coefficient (Wildman–Crippen LogP) is 2.44. The zero-order valence-corrected chi connectivity index (χ0v) is 10.8. The van der Waals surface area contributed by atoms with Crippen molar-refractivity contribution < 1.29 is 19.5 Å². The van der Waals surface area contributed by atoms with Crippen LogP contribution in [0.25, 0.3) is 0 Å². The van der Waals surface area contributed by atoms with Crippen LogP contribution >= 0.6 is 23.2 Å². The summed E-state index contributed by atoms with van der Waals surface area (Å²) >= 11 is 11.8. The number of carbonyl (C=O) groups is 2. The van der Waals surface area contributed by atoms with Crippen molar-refractivity contribution in [3.05, 3.63) is 27.7 Å². The molecule has 0 spiro atoms. The molecule has 8 heteroatoms. The average molecular weight is 293 g/mol. The standard InChI is InChI=1S/C10H10Cl2N2O4/c1-5-2-7(12)8(3-6(5)11)13-10(17)14-18-4-9(15)16/h2-3H,4H2,1H3,(H,15,16)(H2,13,14,17). The lowest BCUT2D eigenvalue weighted by Gasteiger charge is -2.09. The molecule has 0 aromatic heterocycles. The molecular formula is C10H10Cl2N2O4. The van der Waals surface area contributed by atoms with Crippen molar-refractivity contribution in [2.45, 2.75) is 6.92 Å². The molecule has 18 heavy (non-hydrogen) atoms. The molecule has 1 rings (SSSR count). The van der Waals surface area contributed by atoms with Crippen molar-refractivity contribution in [2.24, 2.45) is 0 Å². The van der Waals surface area contributed by atoms with Crippen molar-refractivity contribution in [1.82, 2.24) is 5.48 Å². The lowest BCUT2D eigenvalue weighted by molar-refractivity contribution is -0.143. The van der Waals surface area contributed by atoms with Crippen LogP contribution in [-0.4, -0.2) is 23.7 Å². The highest BCUT2D eigenvalue weighted by atomic mass is 35.5. The van der Waals surface area contributed by atoms with Crippen LogP contribution < -0.4 is 10.8 Å². The minimum absolute atomic E-state index is 0.295. The number of benzene rings is 1. The zero-order valence-electron chi connectivity index (χ0n) is 9.29. The van der Waals surface area contributed by atoms with E-state index in [4.69, 9.17) is 28.3 Å². The molecule has 0 heterocycles. The summed E-state index contributed by atoms with van der Waals surface area (Å²) in [5.74, 6) is -1.20. The van der Waals surface area contributed by atoms with Gasteiger partial charge in [0.05, 0.1) is 10.7 Å². The Kier molecular flexibility index (Phi) is 5.21. The molecule has 0 atom stereocenters. The van der Waals surface area contributed by atoms with Gasteiger partial charge in [-0.05, 0) is 24.6 Å². The number of carboxylic acids is 1. The second kappa shape index (κ2) is 6.44. The number of amides is 2. The molecule has 1 aromatic carbocycles. The summed E-state index contributed by atoms with van der Waals surface area (Å²) in [7, 11) is 0. The van der Waals surface area contributed by atoms with E-state index in [1.807, 2.05) is 5.48 Å². The quantitative estimate of drug-likeness (QED) is 0.744. The number of hydrogen-bond donors (Lipinski definition) is 3. The third-order valence-corrected chi connectivity index (χ3v) is 2.58. The van der Waals surface area contributed by atoms with Crippen molar-refractivity contribution in [3.63, 3.8) is 0 Å². The third kappa shape index (κ3) is 4.40. The summed E-state index contributed by atoms with van der Waals surface area (Å²) in [6.07, 6.45) is 0. The van der Waals surface area contributed by atoms with Crippen LogP contribution in [0.1, 0.15) is 5.56 Å². The highest BCUT2D eigenvalue weighted by Crippen LogP contribution is 2.28. The number of hydrogen-bond acceptors (Lipinski definition) is 3. The van der Waals surface area contributed by atoms with Gasteiger partial charge in [-0.25, -0.2) is 15.1 Å². The van der Waals surface area contributed by atoms with Crippen molar-refractivity contribution in [2.75, 3.05) is 11.9 Å². The lowest BCUT2D eigenvalue weighted by Crippen LogP contribution is -2.30. The molecule has 0 saturated carbocycles. The third-order valence-electron chi connectivity index (χ3n) is 1.86. The first-order chi connectivity index (χ1) is 8.40. The van der Waals surface area contributed by atoms with Gasteiger partial charge in [-0.1, -0.05) is 23.2 Å². The molecule has 0 aliphatic heterocycles. The summed E-state index contributed by atoms with van der Waals surface area (Å²) in [5.41, 5.74) is 2.96. The van der Waals surface area contributed by atoms with Crippen LogP contribution in [-0.2, 0) is 9.63 Å². The molecule has 98 valence electrons. The van der Waals surface area contributed by atoms with Gasteiger partial charge in [0.2, 0.25) is 0 Å². The first kappa shape index (κ1) is 14.6. The molecule has 0 aliphatic carbocycles. The second-order valence-corrected chi connectivity index (χ2v) is 4.13. The molecule has 0 unspecified atom stereocenters. The van der Waals surface area contributed by atoms with E-state index in [1.54, 1.807) is 13.0 Å². The Morgan fingerprint density at radius 2 is 2.00 bits per heavy atom. The van der Waals surface area contributed by atoms with E-state index in [1.165, 1.54) is 6.07 Å². The molecule has 6 nitrogen and oxygen atoms in total. The largest absolute Gasteiger partial charge is 0.479 e. The topological polar surface area (TPSA) is 87.7 Å². The minimum Gasteiger partial charge on any atom is -0.479 e. The average Bonchev–Trinajstić information content (AvgIpc) is 2.25. The van der Waals surface area contributed by atoms with E-state index >= 15 is 0 Å². The molecule has 0 aliphatic rings. The molecule has 0 bridgehead atoms. The summed E-state index contributed by atoms with van der Waals surface area (Å²) in [6, 6.07) is 2.33. The van der Waals surface area contributed by atoms with Crippen LogP contribution in [0.2, 0.25) is 10.0 Å². The minimum atomic E-state index is -1.20. The van der Waals surface area contributed by atoms with Gasteiger partial charge in [0.15, 0.2) is 6.61 Å². The van der Waals surface area contributed by atoms with Crippen molar-refractivity contribution in [1.29, 1.82) is 0 Å². The van der Waals surface area contributed by atoms with Crippen molar-refractivity contribution >= 4 is 40.9 Å². The summed E-state index contributed by atoms with van der Waals surface area (Å²) < 4.78 is 0. The summed E-state index contributed by atoms with van der Waals surface area (Å²) in [4.78, 5) is 25.8. The maximum absolute atomic E-state index is 11.3. The monoisotopic (exact) mass is 292 g/mol. The van der Waals surface area contributed by atoms with Gasteiger partial charge >= 0.3 is 12.0 Å². The number of rotatable bonds is 4. The van der Waals surface area contributed by atoms with Gasteiger partial charge in [0.1, 0.15) is 0 Å². The Morgan fingerprint density at radius 1 is 1.33 bits per heavy atom. The highest BCUT2D eigenvalue weighted by molar-refractivity contribution is 6.36. The zero-order chi connectivity index (χ0) is 13.7. The predicted molar refractivity (Wildman–Crippen MR) is 66.9 cm³/mol. The molecule has 2 amide bonds. The van der Waals surface area contributed by atoms with Crippen LogP contribution in [0.3, 0.4) is 0 Å².